The predicted molar refractivity (Wildman–Crippen MR) is 83.6 cm³/mol. The van der Waals surface area contributed by atoms with E-state index in [2.05, 4.69) is 5.32 Å². The summed E-state index contributed by atoms with van der Waals surface area (Å²) in [6, 6.07) is 2.25. The summed E-state index contributed by atoms with van der Waals surface area (Å²) in [5, 5.41) is 4.97. The van der Waals surface area contributed by atoms with E-state index in [1.54, 1.807) is 11.4 Å². The minimum Gasteiger partial charge on any atom is -0.348 e. The fourth-order valence-electron chi connectivity index (χ4n) is 3.89. The number of fused-ring (bicyclic) bond motifs is 2. The van der Waals surface area contributed by atoms with Gasteiger partial charge < -0.3 is 11.1 Å². The van der Waals surface area contributed by atoms with Gasteiger partial charge in [0.1, 0.15) is 0 Å². The predicted octanol–water partition coefficient (Wildman–Crippen LogP) is 2.59. The lowest BCUT2D eigenvalue weighted by Crippen LogP contribution is -2.53. The number of thiophene rings is 1. The summed E-state index contributed by atoms with van der Waals surface area (Å²) in [5.74, 6) is 1.00. The highest BCUT2D eigenvalue weighted by Gasteiger charge is 2.40. The van der Waals surface area contributed by atoms with Crippen LogP contribution in [-0.4, -0.2) is 23.8 Å². The Morgan fingerprint density at radius 3 is 2.52 bits per heavy atom. The summed E-state index contributed by atoms with van der Waals surface area (Å²) < 4.78 is 0. The first-order chi connectivity index (χ1) is 10.0. The van der Waals surface area contributed by atoms with Crippen molar-refractivity contribution in [1.82, 2.24) is 5.32 Å². The van der Waals surface area contributed by atoms with Crippen molar-refractivity contribution in [2.24, 2.45) is 17.6 Å². The quantitative estimate of drug-likeness (QED) is 0.843. The van der Waals surface area contributed by atoms with Crippen molar-refractivity contribution in [1.29, 1.82) is 0 Å². The van der Waals surface area contributed by atoms with Crippen molar-refractivity contribution < 1.29 is 9.59 Å². The molecule has 0 saturated heterocycles. The van der Waals surface area contributed by atoms with Gasteiger partial charge in [-0.25, -0.2) is 0 Å². The summed E-state index contributed by atoms with van der Waals surface area (Å²) in [7, 11) is 0. The second-order valence-electron chi connectivity index (χ2n) is 6.44. The van der Waals surface area contributed by atoms with Gasteiger partial charge in [-0.15, -0.1) is 11.3 Å². The molecule has 5 heteroatoms. The van der Waals surface area contributed by atoms with Crippen molar-refractivity contribution >= 4 is 23.0 Å². The summed E-state index contributed by atoms with van der Waals surface area (Å²) in [4.78, 5) is 24.4. The Kier molecular flexibility index (Phi) is 4.13. The van der Waals surface area contributed by atoms with E-state index in [9.17, 15) is 9.59 Å². The monoisotopic (exact) mass is 306 g/mol. The number of nitrogens with two attached hydrogens (primary N) is 1. The van der Waals surface area contributed by atoms with Crippen LogP contribution in [0.3, 0.4) is 0 Å². The molecule has 0 radical (unpaired) electrons. The maximum atomic E-state index is 12.4. The molecule has 2 unspecified atom stereocenters. The van der Waals surface area contributed by atoms with Gasteiger partial charge in [-0.05, 0) is 50.5 Å². The Labute approximate surface area is 129 Å². The zero-order valence-electron chi connectivity index (χ0n) is 12.3. The van der Waals surface area contributed by atoms with E-state index in [1.165, 1.54) is 24.7 Å². The smallest absolute Gasteiger partial charge is 0.261 e. The zero-order valence-corrected chi connectivity index (χ0v) is 13.1. The molecule has 2 fully saturated rings. The van der Waals surface area contributed by atoms with Gasteiger partial charge >= 0.3 is 0 Å². The standard InChI is InChI=1S/C16H22N2O2S/c1-9(19)12-7-14(21-8-12)16(20)18-15-10-3-2-4-11(15)6-13(17)5-10/h7-8,10-11,13,15H,2-6,17H2,1H3,(H,18,20). The third kappa shape index (κ3) is 3.04. The highest BCUT2D eigenvalue weighted by molar-refractivity contribution is 7.12. The Bertz CT molecular complexity index is 540. The molecule has 21 heavy (non-hydrogen) atoms. The minimum absolute atomic E-state index is 0.00538. The maximum absolute atomic E-state index is 12.4. The minimum atomic E-state index is -0.0372. The third-order valence-electron chi connectivity index (χ3n) is 4.90. The fraction of sp³-hybridized carbons (Fsp3) is 0.625. The summed E-state index contributed by atoms with van der Waals surface area (Å²) in [5.41, 5.74) is 6.74. The van der Waals surface area contributed by atoms with Crippen molar-refractivity contribution in [3.05, 3.63) is 21.9 Å². The molecule has 2 aliphatic rings. The fourth-order valence-corrected chi connectivity index (χ4v) is 4.74. The number of amides is 1. The van der Waals surface area contributed by atoms with Crippen LogP contribution < -0.4 is 11.1 Å². The largest absolute Gasteiger partial charge is 0.348 e. The number of carbonyl (C=O) groups is 2. The van der Waals surface area contributed by atoms with Gasteiger partial charge in [0.2, 0.25) is 0 Å². The highest BCUT2D eigenvalue weighted by Crippen LogP contribution is 2.39. The molecule has 3 rings (SSSR count). The number of rotatable bonds is 3. The van der Waals surface area contributed by atoms with Crippen LogP contribution in [0.1, 0.15) is 59.1 Å². The second-order valence-corrected chi connectivity index (χ2v) is 7.35. The van der Waals surface area contributed by atoms with Crippen LogP contribution in [0.25, 0.3) is 0 Å². The molecule has 1 aromatic rings. The number of ketones is 1. The maximum Gasteiger partial charge on any atom is 0.261 e. The Morgan fingerprint density at radius 2 is 1.95 bits per heavy atom. The molecule has 4 nitrogen and oxygen atoms in total. The van der Waals surface area contributed by atoms with E-state index in [-0.39, 0.29) is 17.7 Å². The summed E-state index contributed by atoms with van der Waals surface area (Å²) >= 11 is 1.35. The van der Waals surface area contributed by atoms with Crippen LogP contribution in [-0.2, 0) is 0 Å². The van der Waals surface area contributed by atoms with Gasteiger partial charge in [-0.1, -0.05) is 6.42 Å². The van der Waals surface area contributed by atoms with Crippen molar-refractivity contribution in [2.75, 3.05) is 0 Å². The van der Waals surface area contributed by atoms with E-state index in [0.717, 1.165) is 25.7 Å². The van der Waals surface area contributed by atoms with E-state index in [4.69, 9.17) is 5.73 Å². The number of hydrogen-bond acceptors (Lipinski definition) is 4. The van der Waals surface area contributed by atoms with Gasteiger partial charge in [0, 0.05) is 23.0 Å². The van der Waals surface area contributed by atoms with E-state index in [1.807, 2.05) is 0 Å². The molecule has 1 aromatic heterocycles. The third-order valence-corrected chi connectivity index (χ3v) is 5.83. The molecular weight excluding hydrogens is 284 g/mol. The second kappa shape index (κ2) is 5.89. The molecular formula is C16H22N2O2S. The number of carbonyl (C=O) groups excluding carboxylic acids is 2. The molecule has 1 heterocycles. The molecule has 0 spiro atoms. The average molecular weight is 306 g/mol. The van der Waals surface area contributed by atoms with Gasteiger partial charge in [0.05, 0.1) is 4.88 Å². The molecule has 2 atom stereocenters. The highest BCUT2D eigenvalue weighted by atomic mass is 32.1. The molecule has 0 aromatic carbocycles. The lowest BCUT2D eigenvalue weighted by atomic mass is 9.67. The SMILES string of the molecule is CC(=O)c1csc(C(=O)NC2C3CCCC2CC(N)C3)c1. The Balaban J connectivity index is 1.70. The molecule has 0 aliphatic heterocycles. The van der Waals surface area contributed by atoms with E-state index >= 15 is 0 Å². The molecule has 114 valence electrons. The average Bonchev–Trinajstić information content (AvgIpc) is 2.89. The van der Waals surface area contributed by atoms with Crippen LogP contribution in [0.5, 0.6) is 0 Å². The van der Waals surface area contributed by atoms with Gasteiger partial charge in [-0.3, -0.25) is 9.59 Å². The molecule has 2 bridgehead atoms. The Hall–Kier alpha value is -1.20. The van der Waals surface area contributed by atoms with Crippen LogP contribution in [0.4, 0.5) is 0 Å². The van der Waals surface area contributed by atoms with Crippen molar-refractivity contribution in [2.45, 2.75) is 51.1 Å². The summed E-state index contributed by atoms with van der Waals surface area (Å²) in [6.45, 7) is 1.52. The van der Waals surface area contributed by atoms with Gasteiger partial charge in [0.15, 0.2) is 5.78 Å². The topological polar surface area (TPSA) is 72.2 Å². The van der Waals surface area contributed by atoms with E-state index < -0.39 is 0 Å². The molecule has 1 amide bonds. The van der Waals surface area contributed by atoms with Crippen LogP contribution >= 0.6 is 11.3 Å². The number of nitrogens with one attached hydrogen (secondary N) is 1. The number of hydrogen-bond donors (Lipinski definition) is 2. The first kappa shape index (κ1) is 14.7. The molecule has 2 aliphatic carbocycles. The van der Waals surface area contributed by atoms with Crippen LogP contribution in [0, 0.1) is 11.8 Å². The lowest BCUT2D eigenvalue weighted by molar-refractivity contribution is 0.0759. The van der Waals surface area contributed by atoms with E-state index in [0.29, 0.717) is 28.3 Å². The van der Waals surface area contributed by atoms with Crippen molar-refractivity contribution in [3.8, 4) is 0 Å². The normalized spacial score (nSPS) is 31.7. The molecule has 2 saturated carbocycles. The van der Waals surface area contributed by atoms with Gasteiger partial charge in [0.25, 0.3) is 5.91 Å². The first-order valence-electron chi connectivity index (χ1n) is 7.70. The van der Waals surface area contributed by atoms with Crippen molar-refractivity contribution in [3.63, 3.8) is 0 Å². The van der Waals surface area contributed by atoms with Gasteiger partial charge in [-0.2, -0.15) is 0 Å². The van der Waals surface area contributed by atoms with Crippen LogP contribution in [0.2, 0.25) is 0 Å². The summed E-state index contributed by atoms with van der Waals surface area (Å²) in [6.07, 6.45) is 5.62. The lowest BCUT2D eigenvalue weighted by Gasteiger charge is -2.45. The molecule has 3 N–H and O–H groups in total. The number of Topliss-reactive ketones (excluding diaryl/α,β-unsaturated/α-hetero) is 1. The van der Waals surface area contributed by atoms with Crippen LogP contribution in [0.15, 0.2) is 11.4 Å². The zero-order chi connectivity index (χ0) is 15.0. The Morgan fingerprint density at radius 1 is 1.29 bits per heavy atom. The first-order valence-corrected chi connectivity index (χ1v) is 8.58.